The van der Waals surface area contributed by atoms with Crippen LogP contribution in [0, 0.1) is 0 Å². The fourth-order valence-corrected chi connectivity index (χ4v) is 2.41. The molecule has 2 aromatic rings. The van der Waals surface area contributed by atoms with Gasteiger partial charge in [0, 0.05) is 18.4 Å². The Morgan fingerprint density at radius 2 is 1.65 bits per heavy atom. The van der Waals surface area contributed by atoms with Gasteiger partial charge in [-0.2, -0.15) is 0 Å². The maximum atomic E-state index is 12.2. The van der Waals surface area contributed by atoms with Crippen LogP contribution in [-0.2, 0) is 17.6 Å². The molecule has 0 aliphatic heterocycles. The molecule has 0 heterocycles. The molecule has 0 spiro atoms. The van der Waals surface area contributed by atoms with Gasteiger partial charge in [0.1, 0.15) is 11.5 Å². The number of Topliss-reactive ketones (excluding diaryl/α,β-unsaturated/α-hetero) is 1. The standard InChI is InChI=1S/C16H14Cl2O2/c1-20-15-8-3-2-5-11(15)9-13(19)10-12-6-4-7-14(17)16(12)18/h2-8H,9-10H2,1H3. The molecule has 0 aliphatic rings. The van der Waals surface area contributed by atoms with Crippen LogP contribution < -0.4 is 4.74 Å². The van der Waals surface area contributed by atoms with Crippen molar-refractivity contribution in [1.29, 1.82) is 0 Å². The minimum atomic E-state index is 0.0682. The SMILES string of the molecule is COc1ccccc1CC(=O)Cc1cccc(Cl)c1Cl. The number of benzene rings is 2. The predicted octanol–water partition coefficient (Wildman–Crippen LogP) is 4.36. The van der Waals surface area contributed by atoms with E-state index in [4.69, 9.17) is 27.9 Å². The number of ether oxygens (including phenoxy) is 1. The minimum Gasteiger partial charge on any atom is -0.496 e. The van der Waals surface area contributed by atoms with Gasteiger partial charge in [-0.25, -0.2) is 0 Å². The third-order valence-electron chi connectivity index (χ3n) is 3.00. The van der Waals surface area contributed by atoms with Gasteiger partial charge in [-0.15, -0.1) is 0 Å². The van der Waals surface area contributed by atoms with Gasteiger partial charge in [-0.05, 0) is 17.7 Å². The molecule has 0 atom stereocenters. The van der Waals surface area contributed by atoms with Crippen LogP contribution in [0.4, 0.5) is 0 Å². The second kappa shape index (κ2) is 6.78. The second-order valence-corrected chi connectivity index (χ2v) is 5.20. The molecule has 0 saturated carbocycles. The molecule has 2 nitrogen and oxygen atoms in total. The van der Waals surface area contributed by atoms with Gasteiger partial charge < -0.3 is 4.74 Å². The van der Waals surface area contributed by atoms with Gasteiger partial charge in [-0.1, -0.05) is 53.5 Å². The van der Waals surface area contributed by atoms with Crippen molar-refractivity contribution in [3.05, 3.63) is 63.6 Å². The number of halogens is 2. The molecule has 0 radical (unpaired) electrons. The van der Waals surface area contributed by atoms with Crippen LogP contribution in [0.15, 0.2) is 42.5 Å². The summed E-state index contributed by atoms with van der Waals surface area (Å²) in [5.41, 5.74) is 1.62. The van der Waals surface area contributed by atoms with E-state index in [1.165, 1.54) is 0 Å². The summed E-state index contributed by atoms with van der Waals surface area (Å²) in [5, 5.41) is 0.914. The van der Waals surface area contributed by atoms with E-state index in [9.17, 15) is 4.79 Å². The van der Waals surface area contributed by atoms with Crippen LogP contribution >= 0.6 is 23.2 Å². The number of carbonyl (C=O) groups excluding carboxylic acids is 1. The Hall–Kier alpha value is -1.51. The summed E-state index contributed by atoms with van der Waals surface area (Å²) in [4.78, 5) is 12.2. The Morgan fingerprint density at radius 3 is 2.40 bits per heavy atom. The Morgan fingerprint density at radius 1 is 1.00 bits per heavy atom. The van der Waals surface area contributed by atoms with Gasteiger partial charge >= 0.3 is 0 Å². The molecule has 0 saturated heterocycles. The first kappa shape index (κ1) is 14.9. The fourth-order valence-electron chi connectivity index (χ4n) is 2.02. The minimum absolute atomic E-state index is 0.0682. The van der Waals surface area contributed by atoms with E-state index in [0.29, 0.717) is 16.5 Å². The zero-order valence-corrected chi connectivity index (χ0v) is 12.5. The van der Waals surface area contributed by atoms with Crippen LogP contribution in [0.5, 0.6) is 5.75 Å². The normalized spacial score (nSPS) is 10.3. The molecular formula is C16H14Cl2O2. The van der Waals surface area contributed by atoms with Crippen molar-refractivity contribution >= 4 is 29.0 Å². The van der Waals surface area contributed by atoms with E-state index in [2.05, 4.69) is 0 Å². The van der Waals surface area contributed by atoms with Crippen molar-refractivity contribution in [1.82, 2.24) is 0 Å². The zero-order valence-electron chi connectivity index (χ0n) is 11.0. The summed E-state index contributed by atoms with van der Waals surface area (Å²) in [6, 6.07) is 12.8. The molecule has 0 unspecified atom stereocenters. The maximum absolute atomic E-state index is 12.2. The Labute approximate surface area is 128 Å². The first-order valence-electron chi connectivity index (χ1n) is 6.18. The number of rotatable bonds is 5. The largest absolute Gasteiger partial charge is 0.496 e. The van der Waals surface area contributed by atoms with Crippen LogP contribution in [0.3, 0.4) is 0 Å². The Kier molecular flexibility index (Phi) is 5.05. The number of hydrogen-bond acceptors (Lipinski definition) is 2. The van der Waals surface area contributed by atoms with Crippen molar-refractivity contribution < 1.29 is 9.53 Å². The van der Waals surface area contributed by atoms with Crippen molar-refractivity contribution in [2.75, 3.05) is 7.11 Å². The monoisotopic (exact) mass is 308 g/mol. The molecular weight excluding hydrogens is 295 g/mol. The number of ketones is 1. The summed E-state index contributed by atoms with van der Waals surface area (Å²) >= 11 is 12.0. The molecule has 104 valence electrons. The molecule has 2 aromatic carbocycles. The van der Waals surface area contributed by atoms with Gasteiger partial charge in [0.25, 0.3) is 0 Å². The molecule has 0 bridgehead atoms. The maximum Gasteiger partial charge on any atom is 0.141 e. The van der Waals surface area contributed by atoms with E-state index in [-0.39, 0.29) is 12.2 Å². The average molecular weight is 309 g/mol. The van der Waals surface area contributed by atoms with E-state index in [1.807, 2.05) is 30.3 Å². The van der Waals surface area contributed by atoms with Gasteiger partial charge in [0.15, 0.2) is 0 Å². The summed E-state index contributed by atoms with van der Waals surface area (Å²) < 4.78 is 5.24. The Bertz CT molecular complexity index is 624. The highest BCUT2D eigenvalue weighted by molar-refractivity contribution is 6.42. The molecule has 0 amide bonds. The summed E-state index contributed by atoms with van der Waals surface area (Å²) in [6.45, 7) is 0. The molecule has 0 N–H and O–H groups in total. The number of carbonyl (C=O) groups is 1. The first-order valence-corrected chi connectivity index (χ1v) is 6.94. The van der Waals surface area contributed by atoms with Crippen LogP contribution in [0.25, 0.3) is 0 Å². The zero-order chi connectivity index (χ0) is 14.5. The third-order valence-corrected chi connectivity index (χ3v) is 3.86. The highest BCUT2D eigenvalue weighted by Crippen LogP contribution is 2.26. The smallest absolute Gasteiger partial charge is 0.141 e. The van der Waals surface area contributed by atoms with E-state index in [0.717, 1.165) is 16.9 Å². The third kappa shape index (κ3) is 3.53. The first-order chi connectivity index (χ1) is 9.61. The average Bonchev–Trinajstić information content (AvgIpc) is 2.44. The molecule has 20 heavy (non-hydrogen) atoms. The molecule has 0 fully saturated rings. The number of hydrogen-bond donors (Lipinski definition) is 0. The molecule has 2 rings (SSSR count). The van der Waals surface area contributed by atoms with Gasteiger partial charge in [0.05, 0.1) is 17.2 Å². The lowest BCUT2D eigenvalue weighted by molar-refractivity contribution is -0.117. The topological polar surface area (TPSA) is 26.3 Å². The number of para-hydroxylation sites is 1. The van der Waals surface area contributed by atoms with E-state index < -0.39 is 0 Å². The summed E-state index contributed by atoms with van der Waals surface area (Å²) in [6.07, 6.45) is 0.574. The van der Waals surface area contributed by atoms with Crippen LogP contribution in [-0.4, -0.2) is 12.9 Å². The van der Waals surface area contributed by atoms with Crippen molar-refractivity contribution in [3.63, 3.8) is 0 Å². The van der Waals surface area contributed by atoms with Crippen LogP contribution in [0.2, 0.25) is 10.0 Å². The molecule has 0 aromatic heterocycles. The lowest BCUT2D eigenvalue weighted by Crippen LogP contribution is -2.08. The van der Waals surface area contributed by atoms with E-state index in [1.54, 1.807) is 19.2 Å². The lowest BCUT2D eigenvalue weighted by Gasteiger charge is -2.08. The fraction of sp³-hybridized carbons (Fsp3) is 0.188. The lowest BCUT2D eigenvalue weighted by atomic mass is 10.0. The highest BCUT2D eigenvalue weighted by atomic mass is 35.5. The summed E-state index contributed by atoms with van der Waals surface area (Å²) in [7, 11) is 1.59. The van der Waals surface area contributed by atoms with Crippen LogP contribution in [0.1, 0.15) is 11.1 Å². The van der Waals surface area contributed by atoms with Crippen molar-refractivity contribution in [2.24, 2.45) is 0 Å². The van der Waals surface area contributed by atoms with E-state index >= 15 is 0 Å². The van der Waals surface area contributed by atoms with Gasteiger partial charge in [0.2, 0.25) is 0 Å². The second-order valence-electron chi connectivity index (χ2n) is 4.42. The highest BCUT2D eigenvalue weighted by Gasteiger charge is 2.12. The number of methoxy groups -OCH3 is 1. The molecule has 0 aliphatic carbocycles. The predicted molar refractivity (Wildman–Crippen MR) is 81.9 cm³/mol. The molecule has 4 heteroatoms. The summed E-state index contributed by atoms with van der Waals surface area (Å²) in [5.74, 6) is 0.789. The Balaban J connectivity index is 2.11. The van der Waals surface area contributed by atoms with Crippen molar-refractivity contribution in [2.45, 2.75) is 12.8 Å². The van der Waals surface area contributed by atoms with Crippen molar-refractivity contribution in [3.8, 4) is 5.75 Å². The quantitative estimate of drug-likeness (QED) is 0.820. The van der Waals surface area contributed by atoms with Gasteiger partial charge in [-0.3, -0.25) is 4.79 Å².